The van der Waals surface area contributed by atoms with E-state index >= 15 is 0 Å². The summed E-state index contributed by atoms with van der Waals surface area (Å²) in [7, 11) is 0. The normalized spacial score (nSPS) is 41.2. The predicted octanol–water partition coefficient (Wildman–Crippen LogP) is 1.83. The summed E-state index contributed by atoms with van der Waals surface area (Å²) < 4.78 is 12.1. The highest BCUT2D eigenvalue weighted by atomic mass is 16.5. The Bertz CT molecular complexity index is 398. The number of guanidine groups is 1. The van der Waals surface area contributed by atoms with Crippen molar-refractivity contribution < 1.29 is 9.47 Å². The lowest BCUT2D eigenvalue weighted by molar-refractivity contribution is -0.117. The highest BCUT2D eigenvalue weighted by Gasteiger charge is 2.44. The van der Waals surface area contributed by atoms with Crippen molar-refractivity contribution in [1.29, 1.82) is 0 Å². The molecule has 5 heteroatoms. The maximum Gasteiger partial charge on any atom is 0.198 e. The van der Waals surface area contributed by atoms with E-state index in [1.54, 1.807) is 0 Å². The van der Waals surface area contributed by atoms with Crippen LogP contribution in [0, 0.1) is 0 Å². The molecule has 3 fully saturated rings. The van der Waals surface area contributed by atoms with E-state index in [2.05, 4.69) is 10.2 Å². The van der Waals surface area contributed by atoms with E-state index in [-0.39, 0.29) is 11.4 Å². The molecule has 0 aromatic heterocycles. The molecule has 0 saturated carbocycles. The van der Waals surface area contributed by atoms with Crippen molar-refractivity contribution in [3.8, 4) is 0 Å². The minimum absolute atomic E-state index is 0.152. The molecule has 2 spiro atoms. The highest BCUT2D eigenvalue weighted by Crippen LogP contribution is 2.36. The first-order valence-corrected chi connectivity index (χ1v) is 8.20. The largest absolute Gasteiger partial charge is 0.356 e. The van der Waals surface area contributed by atoms with E-state index in [0.29, 0.717) is 0 Å². The lowest BCUT2D eigenvalue weighted by atomic mass is 9.94. The van der Waals surface area contributed by atoms with Gasteiger partial charge in [-0.25, -0.2) is 4.99 Å². The fourth-order valence-electron chi connectivity index (χ4n) is 3.91. The third-order valence-corrected chi connectivity index (χ3v) is 5.19. The molecule has 4 aliphatic heterocycles. The number of hydrogen-bond donors (Lipinski definition) is 1. The van der Waals surface area contributed by atoms with Crippen LogP contribution in [0.5, 0.6) is 0 Å². The second-order valence-electron chi connectivity index (χ2n) is 6.60. The van der Waals surface area contributed by atoms with Crippen LogP contribution in [-0.2, 0) is 9.47 Å². The van der Waals surface area contributed by atoms with Crippen molar-refractivity contribution in [2.24, 2.45) is 4.99 Å². The summed E-state index contributed by atoms with van der Waals surface area (Å²) in [5.41, 5.74) is -0.398. The lowest BCUT2D eigenvalue weighted by Gasteiger charge is -2.50. The Morgan fingerprint density at radius 2 is 1.70 bits per heavy atom. The first-order valence-electron chi connectivity index (χ1n) is 8.20. The number of rotatable bonds is 0. The van der Waals surface area contributed by atoms with Gasteiger partial charge in [-0.15, -0.1) is 0 Å². The van der Waals surface area contributed by atoms with Gasteiger partial charge in [-0.1, -0.05) is 0 Å². The van der Waals surface area contributed by atoms with Gasteiger partial charge in [0.25, 0.3) is 0 Å². The standard InChI is InChI=1S/C15H25N3O2/c1-3-11-19-14(5-1)7-9-18-10-8-15(17-13(18)16-14)6-2-4-12-20-15/h1-12H2,(H,16,17)/t14-,15-/m0/s1. The molecule has 3 saturated heterocycles. The summed E-state index contributed by atoms with van der Waals surface area (Å²) in [6.07, 6.45) is 9.13. The lowest BCUT2D eigenvalue weighted by Crippen LogP contribution is -2.65. The van der Waals surface area contributed by atoms with E-state index in [0.717, 1.165) is 57.9 Å². The molecule has 0 bridgehead atoms. The number of fused-ring (bicyclic) bond motifs is 1. The molecule has 0 aromatic rings. The quantitative estimate of drug-likeness (QED) is 0.735. The van der Waals surface area contributed by atoms with Crippen LogP contribution >= 0.6 is 0 Å². The SMILES string of the molecule is C1CC[C@@]2(CCN3CC[C@@]4(CCCCO4)NC3=N2)OC1. The minimum atomic E-state index is -0.246. The van der Waals surface area contributed by atoms with Crippen LogP contribution in [0.1, 0.15) is 51.4 Å². The molecule has 0 aromatic carbocycles. The monoisotopic (exact) mass is 279 g/mol. The Labute approximate surface area is 120 Å². The van der Waals surface area contributed by atoms with Crippen LogP contribution in [0.2, 0.25) is 0 Å². The van der Waals surface area contributed by atoms with Crippen molar-refractivity contribution in [2.75, 3.05) is 26.3 Å². The zero-order chi connectivity index (χ0) is 13.5. The molecule has 20 heavy (non-hydrogen) atoms. The van der Waals surface area contributed by atoms with Crippen LogP contribution in [-0.4, -0.2) is 48.6 Å². The van der Waals surface area contributed by atoms with E-state index in [1.807, 2.05) is 0 Å². The molecule has 4 rings (SSSR count). The Kier molecular flexibility index (Phi) is 3.15. The fraction of sp³-hybridized carbons (Fsp3) is 0.933. The Hall–Kier alpha value is -0.810. The first-order chi connectivity index (χ1) is 9.79. The van der Waals surface area contributed by atoms with Gasteiger partial charge in [-0.3, -0.25) is 0 Å². The van der Waals surface area contributed by atoms with E-state index in [4.69, 9.17) is 14.5 Å². The molecule has 112 valence electrons. The van der Waals surface area contributed by atoms with Crippen LogP contribution in [0.3, 0.4) is 0 Å². The molecule has 0 unspecified atom stereocenters. The average molecular weight is 279 g/mol. The van der Waals surface area contributed by atoms with Crippen LogP contribution in [0.4, 0.5) is 0 Å². The van der Waals surface area contributed by atoms with Gasteiger partial charge in [0.1, 0.15) is 5.72 Å². The molecule has 2 atom stereocenters. The van der Waals surface area contributed by atoms with Gasteiger partial charge >= 0.3 is 0 Å². The van der Waals surface area contributed by atoms with Gasteiger partial charge < -0.3 is 19.7 Å². The number of aliphatic imine (C=N–C) groups is 1. The van der Waals surface area contributed by atoms with Crippen molar-refractivity contribution in [1.82, 2.24) is 10.2 Å². The van der Waals surface area contributed by atoms with Crippen molar-refractivity contribution >= 4 is 5.96 Å². The average Bonchev–Trinajstić information content (AvgIpc) is 2.48. The Morgan fingerprint density at radius 3 is 2.45 bits per heavy atom. The molecule has 5 nitrogen and oxygen atoms in total. The predicted molar refractivity (Wildman–Crippen MR) is 76.4 cm³/mol. The molecule has 0 radical (unpaired) electrons. The maximum absolute atomic E-state index is 6.07. The van der Waals surface area contributed by atoms with Crippen molar-refractivity contribution in [3.05, 3.63) is 0 Å². The van der Waals surface area contributed by atoms with Crippen molar-refractivity contribution in [2.45, 2.75) is 62.8 Å². The third kappa shape index (κ3) is 2.21. The number of nitrogens with one attached hydrogen (secondary N) is 1. The fourth-order valence-corrected chi connectivity index (χ4v) is 3.91. The van der Waals surface area contributed by atoms with E-state index < -0.39 is 0 Å². The molecular formula is C15H25N3O2. The smallest absolute Gasteiger partial charge is 0.198 e. The van der Waals surface area contributed by atoms with Crippen LogP contribution < -0.4 is 5.32 Å². The van der Waals surface area contributed by atoms with Crippen LogP contribution in [0.15, 0.2) is 4.99 Å². The summed E-state index contributed by atoms with van der Waals surface area (Å²) in [4.78, 5) is 7.34. The molecule has 0 amide bonds. The van der Waals surface area contributed by atoms with Gasteiger partial charge in [0.2, 0.25) is 0 Å². The van der Waals surface area contributed by atoms with E-state index in [9.17, 15) is 0 Å². The zero-order valence-corrected chi connectivity index (χ0v) is 12.2. The molecule has 4 aliphatic rings. The molecule has 1 N–H and O–H groups in total. The van der Waals surface area contributed by atoms with Gasteiger partial charge in [0, 0.05) is 39.1 Å². The van der Waals surface area contributed by atoms with Gasteiger partial charge in [0.05, 0.1) is 0 Å². The highest BCUT2D eigenvalue weighted by molar-refractivity contribution is 5.82. The minimum Gasteiger partial charge on any atom is -0.356 e. The summed E-state index contributed by atoms with van der Waals surface area (Å²) in [5.74, 6) is 1.02. The second kappa shape index (κ2) is 4.88. The third-order valence-electron chi connectivity index (χ3n) is 5.19. The van der Waals surface area contributed by atoms with Crippen molar-refractivity contribution in [3.63, 3.8) is 0 Å². The Morgan fingerprint density at radius 1 is 0.900 bits per heavy atom. The zero-order valence-electron chi connectivity index (χ0n) is 12.2. The molecule has 0 aliphatic carbocycles. The summed E-state index contributed by atoms with van der Waals surface area (Å²) >= 11 is 0. The molecular weight excluding hydrogens is 254 g/mol. The topological polar surface area (TPSA) is 46.1 Å². The molecule has 4 heterocycles. The van der Waals surface area contributed by atoms with Crippen LogP contribution in [0.25, 0.3) is 0 Å². The second-order valence-corrected chi connectivity index (χ2v) is 6.60. The summed E-state index contributed by atoms with van der Waals surface area (Å²) in [6.45, 7) is 3.85. The van der Waals surface area contributed by atoms with Gasteiger partial charge in [0.15, 0.2) is 11.7 Å². The summed E-state index contributed by atoms with van der Waals surface area (Å²) in [5, 5.41) is 3.62. The van der Waals surface area contributed by atoms with Gasteiger partial charge in [-0.2, -0.15) is 0 Å². The van der Waals surface area contributed by atoms with E-state index in [1.165, 1.54) is 25.7 Å². The summed E-state index contributed by atoms with van der Waals surface area (Å²) in [6, 6.07) is 0. The first kappa shape index (κ1) is 12.9. The Balaban J connectivity index is 1.56. The number of nitrogens with zero attached hydrogens (tertiary/aromatic N) is 2. The number of hydrogen-bond acceptors (Lipinski definition) is 5. The maximum atomic E-state index is 6.07. The number of ether oxygens (including phenoxy) is 2. The van der Waals surface area contributed by atoms with Gasteiger partial charge in [-0.05, 0) is 38.5 Å².